The monoisotopic (exact) mass is 549 g/mol. The van der Waals surface area contributed by atoms with E-state index in [9.17, 15) is 24.0 Å². The Balaban J connectivity index is 1.92. The van der Waals surface area contributed by atoms with Crippen LogP contribution in [0.15, 0.2) is 59.6 Å². The molecule has 0 bridgehead atoms. The van der Waals surface area contributed by atoms with Crippen LogP contribution >= 0.6 is 0 Å². The molecule has 4 amide bonds. The Kier molecular flexibility index (Phi) is 10.3. The number of aliphatic carboxylic acids is 1. The highest BCUT2D eigenvalue weighted by atomic mass is 16.4. The number of hydrogen-bond donors (Lipinski definition) is 3. The first-order chi connectivity index (χ1) is 19.0. The molecule has 11 heteroatoms. The number of aliphatic imine (C=N–C) groups is 1. The van der Waals surface area contributed by atoms with Crippen LogP contribution in [0.2, 0.25) is 0 Å². The van der Waals surface area contributed by atoms with Gasteiger partial charge in [-0.3, -0.25) is 29.0 Å². The molecule has 0 aromatic heterocycles. The number of amidine groups is 1. The lowest BCUT2D eigenvalue weighted by Gasteiger charge is -2.31. The van der Waals surface area contributed by atoms with Crippen LogP contribution in [0.25, 0.3) is 0 Å². The number of hydrogen-bond acceptors (Lipinski definition) is 7. The number of benzene rings is 2. The lowest BCUT2D eigenvalue weighted by atomic mass is 9.98. The summed E-state index contributed by atoms with van der Waals surface area (Å²) in [5.41, 5.74) is 13.0. The Morgan fingerprint density at radius 1 is 1.05 bits per heavy atom. The van der Waals surface area contributed by atoms with Gasteiger partial charge in [-0.25, -0.2) is 4.90 Å². The molecule has 2 aromatic rings. The van der Waals surface area contributed by atoms with Gasteiger partial charge in [-0.15, -0.1) is 0 Å². The molecule has 3 rings (SSSR count). The van der Waals surface area contributed by atoms with Crippen LogP contribution in [0, 0.1) is 5.92 Å². The molecule has 1 saturated heterocycles. The fraction of sp³-hybridized carbons (Fsp3) is 0.379. The molecule has 0 saturated carbocycles. The number of carboxylic acids is 1. The summed E-state index contributed by atoms with van der Waals surface area (Å²) in [5.74, 6) is -4.01. The molecule has 1 aliphatic heterocycles. The minimum atomic E-state index is -1.15. The molecule has 0 radical (unpaired) electrons. The minimum absolute atomic E-state index is 0.0350. The van der Waals surface area contributed by atoms with Crippen molar-refractivity contribution in [3.8, 4) is 0 Å². The third kappa shape index (κ3) is 7.17. The van der Waals surface area contributed by atoms with Gasteiger partial charge in [0.25, 0.3) is 11.8 Å². The Morgan fingerprint density at radius 3 is 2.27 bits per heavy atom. The van der Waals surface area contributed by atoms with Crippen LogP contribution in [0.1, 0.15) is 54.6 Å². The second-order valence-corrected chi connectivity index (χ2v) is 9.81. The average Bonchev–Trinajstić information content (AvgIpc) is 3.45. The Morgan fingerprint density at radius 2 is 1.68 bits per heavy atom. The summed E-state index contributed by atoms with van der Waals surface area (Å²) in [7, 11) is 0. The van der Waals surface area contributed by atoms with Crippen LogP contribution in [0.4, 0.5) is 0 Å². The first kappa shape index (κ1) is 30.2. The lowest BCUT2D eigenvalue weighted by Crippen LogP contribution is -2.55. The van der Waals surface area contributed by atoms with E-state index in [1.165, 1.54) is 29.2 Å². The van der Waals surface area contributed by atoms with Crippen molar-refractivity contribution in [1.29, 1.82) is 0 Å². The third-order valence-electron chi connectivity index (χ3n) is 7.05. The van der Waals surface area contributed by atoms with E-state index in [-0.39, 0.29) is 29.6 Å². The molecule has 11 nitrogen and oxygen atoms in total. The molecule has 212 valence electrons. The van der Waals surface area contributed by atoms with Gasteiger partial charge in [-0.05, 0) is 36.5 Å². The largest absolute Gasteiger partial charge is 0.480 e. The van der Waals surface area contributed by atoms with Crippen molar-refractivity contribution in [2.75, 3.05) is 13.1 Å². The van der Waals surface area contributed by atoms with Crippen LogP contribution in [0.5, 0.6) is 0 Å². The van der Waals surface area contributed by atoms with Gasteiger partial charge in [0.15, 0.2) is 0 Å². The standard InChI is InChI=1S/C29H35N5O6/c1-3-18(2)25(30)29(40)33-15-7-10-22(33)28(39)34(23(35)16-19-8-5-4-6-9-19)27(38)21-13-11-20(12-14-21)26(31)32-17-24(36)37/h4-6,8-9,11-14,18,22,25H,3,7,10,15-17,30H2,1-2H3,(H2,31,32)(H,36,37)/t18-,22-,25-/m0/s1. The molecular weight excluding hydrogens is 514 g/mol. The molecule has 1 aliphatic rings. The topological polar surface area (TPSA) is 176 Å². The van der Waals surface area contributed by atoms with Gasteiger partial charge in [0.1, 0.15) is 18.4 Å². The number of carbonyl (C=O) groups is 5. The summed E-state index contributed by atoms with van der Waals surface area (Å²) in [6, 6.07) is 12.6. The third-order valence-corrected chi connectivity index (χ3v) is 7.05. The van der Waals surface area contributed by atoms with E-state index in [1.807, 2.05) is 13.8 Å². The van der Waals surface area contributed by atoms with E-state index in [4.69, 9.17) is 16.6 Å². The predicted molar refractivity (Wildman–Crippen MR) is 148 cm³/mol. The van der Waals surface area contributed by atoms with E-state index in [1.54, 1.807) is 30.3 Å². The molecule has 40 heavy (non-hydrogen) atoms. The summed E-state index contributed by atoms with van der Waals surface area (Å²) in [6.45, 7) is 3.57. The summed E-state index contributed by atoms with van der Waals surface area (Å²) >= 11 is 0. The Hall–Kier alpha value is -4.38. The van der Waals surface area contributed by atoms with Gasteiger partial charge in [0.2, 0.25) is 11.8 Å². The minimum Gasteiger partial charge on any atom is -0.480 e. The quantitative estimate of drug-likeness (QED) is 0.227. The molecule has 0 unspecified atom stereocenters. The second-order valence-electron chi connectivity index (χ2n) is 9.81. The first-order valence-electron chi connectivity index (χ1n) is 13.2. The van der Waals surface area contributed by atoms with Crippen molar-refractivity contribution in [2.24, 2.45) is 22.4 Å². The van der Waals surface area contributed by atoms with Crippen molar-refractivity contribution < 1.29 is 29.1 Å². The maximum absolute atomic E-state index is 13.8. The Labute approximate surface area is 232 Å². The zero-order valence-electron chi connectivity index (χ0n) is 22.7. The zero-order chi connectivity index (χ0) is 29.4. The van der Waals surface area contributed by atoms with Crippen molar-refractivity contribution in [3.05, 3.63) is 71.3 Å². The number of carboxylic acid groups (broad SMARTS) is 1. The number of nitrogens with zero attached hydrogens (tertiary/aromatic N) is 3. The number of imide groups is 3. The molecule has 1 fully saturated rings. The molecule has 5 N–H and O–H groups in total. The van der Waals surface area contributed by atoms with E-state index < -0.39 is 42.3 Å². The summed E-state index contributed by atoms with van der Waals surface area (Å²) in [5, 5.41) is 8.80. The SMILES string of the molecule is CC[C@H](C)[C@H](N)C(=O)N1CCC[C@H]1C(=O)N(C(=O)Cc1ccccc1)C(=O)c1ccc(C(N)=NCC(=O)O)cc1. The van der Waals surface area contributed by atoms with Crippen molar-refractivity contribution >= 4 is 35.4 Å². The summed E-state index contributed by atoms with van der Waals surface area (Å²) in [6.07, 6.45) is 1.32. The highest BCUT2D eigenvalue weighted by molar-refractivity contribution is 6.18. The normalized spacial score (nSPS) is 16.7. The van der Waals surface area contributed by atoms with E-state index >= 15 is 0 Å². The highest BCUT2D eigenvalue weighted by Gasteiger charge is 2.42. The van der Waals surface area contributed by atoms with Gasteiger partial charge in [0.05, 0.1) is 12.5 Å². The summed E-state index contributed by atoms with van der Waals surface area (Å²) < 4.78 is 0. The van der Waals surface area contributed by atoms with E-state index in [2.05, 4.69) is 4.99 Å². The highest BCUT2D eigenvalue weighted by Crippen LogP contribution is 2.24. The zero-order valence-corrected chi connectivity index (χ0v) is 22.7. The van der Waals surface area contributed by atoms with E-state index in [0.29, 0.717) is 41.8 Å². The maximum Gasteiger partial charge on any atom is 0.325 e. The van der Waals surface area contributed by atoms with Crippen LogP contribution in [0.3, 0.4) is 0 Å². The maximum atomic E-state index is 13.8. The fourth-order valence-corrected chi connectivity index (χ4v) is 4.47. The van der Waals surface area contributed by atoms with Gasteiger partial charge in [0, 0.05) is 17.7 Å². The van der Waals surface area contributed by atoms with Gasteiger partial charge in [-0.1, -0.05) is 62.7 Å². The predicted octanol–water partition coefficient (Wildman–Crippen LogP) is 1.58. The number of nitrogens with two attached hydrogens (primary N) is 2. The number of amides is 4. The molecule has 0 spiro atoms. The number of rotatable bonds is 10. The van der Waals surface area contributed by atoms with Crippen LogP contribution in [-0.4, -0.2) is 75.5 Å². The van der Waals surface area contributed by atoms with E-state index in [0.717, 1.165) is 0 Å². The van der Waals surface area contributed by atoms with Crippen LogP contribution < -0.4 is 11.5 Å². The fourth-order valence-electron chi connectivity index (χ4n) is 4.47. The van der Waals surface area contributed by atoms with Gasteiger partial charge >= 0.3 is 5.97 Å². The average molecular weight is 550 g/mol. The molecule has 1 heterocycles. The van der Waals surface area contributed by atoms with Crippen molar-refractivity contribution in [1.82, 2.24) is 9.80 Å². The number of likely N-dealkylation sites (tertiary alicyclic amines) is 1. The summed E-state index contributed by atoms with van der Waals surface area (Å²) in [4.78, 5) is 70.7. The number of carbonyl (C=O) groups excluding carboxylic acids is 4. The van der Waals surface area contributed by atoms with Gasteiger partial charge in [-0.2, -0.15) is 0 Å². The molecule has 3 atom stereocenters. The first-order valence-corrected chi connectivity index (χ1v) is 13.2. The van der Waals surface area contributed by atoms with Gasteiger partial charge < -0.3 is 21.5 Å². The second kappa shape index (κ2) is 13.6. The van der Waals surface area contributed by atoms with Crippen molar-refractivity contribution in [3.63, 3.8) is 0 Å². The molecule has 2 aromatic carbocycles. The van der Waals surface area contributed by atoms with Crippen LogP contribution in [-0.2, 0) is 25.6 Å². The molecular formula is C29H35N5O6. The Bertz CT molecular complexity index is 1280. The van der Waals surface area contributed by atoms with Crippen molar-refractivity contribution in [2.45, 2.75) is 51.6 Å². The lowest BCUT2D eigenvalue weighted by molar-refractivity contribution is -0.148. The molecule has 0 aliphatic carbocycles. The smallest absolute Gasteiger partial charge is 0.325 e.